The summed E-state index contributed by atoms with van der Waals surface area (Å²) in [4.78, 5) is 12.7. The number of hydrogen-bond donors (Lipinski definition) is 4. The Labute approximate surface area is 90.5 Å². The number of carbonyl (C=O) groups is 1. The Balaban J connectivity index is 2.25. The minimum atomic E-state index is -1.42. The van der Waals surface area contributed by atoms with Gasteiger partial charge in [0.2, 0.25) is 5.91 Å². The van der Waals surface area contributed by atoms with Gasteiger partial charge >= 0.3 is 0 Å². The highest BCUT2D eigenvalue weighted by molar-refractivity contribution is 8.01. The van der Waals surface area contributed by atoms with Crippen molar-refractivity contribution >= 4 is 17.7 Å². The van der Waals surface area contributed by atoms with Crippen molar-refractivity contribution in [2.45, 2.75) is 29.8 Å². The largest absolute Gasteiger partial charge is 0.388 e. The zero-order valence-electron chi connectivity index (χ0n) is 7.85. The summed E-state index contributed by atoms with van der Waals surface area (Å²) in [6.45, 7) is -0.0498. The van der Waals surface area contributed by atoms with Gasteiger partial charge in [-0.3, -0.25) is 4.79 Å². The fourth-order valence-corrected chi connectivity index (χ4v) is 3.09. The molecule has 1 amide bonds. The molecular weight excluding hydrogens is 222 g/mol. The van der Waals surface area contributed by atoms with E-state index in [0.717, 1.165) is 0 Å². The van der Waals surface area contributed by atoms with Gasteiger partial charge in [0.15, 0.2) is 0 Å². The van der Waals surface area contributed by atoms with Crippen molar-refractivity contribution < 1.29 is 25.2 Å². The Morgan fingerprint density at radius 1 is 1.13 bits per heavy atom. The summed E-state index contributed by atoms with van der Waals surface area (Å²) in [5.41, 5.74) is 0. The molecule has 2 heterocycles. The molecule has 0 aromatic heterocycles. The van der Waals surface area contributed by atoms with Crippen LogP contribution >= 0.6 is 11.8 Å². The molecular formula is C8H13NO5S. The van der Waals surface area contributed by atoms with Crippen LogP contribution in [-0.4, -0.2) is 73.3 Å². The zero-order chi connectivity index (χ0) is 11.2. The average Bonchev–Trinajstić information content (AvgIpc) is 2.54. The third-order valence-corrected chi connectivity index (χ3v) is 4.06. The normalized spacial score (nSPS) is 46.5. The lowest BCUT2D eigenvalue weighted by atomic mass is 10.1. The summed E-state index contributed by atoms with van der Waals surface area (Å²) in [5, 5.41) is 37.6. The van der Waals surface area contributed by atoms with E-state index in [4.69, 9.17) is 0 Å². The molecule has 0 radical (unpaired) electrons. The zero-order valence-corrected chi connectivity index (χ0v) is 8.67. The molecule has 15 heavy (non-hydrogen) atoms. The fraction of sp³-hybridized carbons (Fsp3) is 0.875. The number of nitrogens with zero attached hydrogens (tertiary/aromatic N) is 1. The van der Waals surface area contributed by atoms with Crippen molar-refractivity contribution in [2.24, 2.45) is 0 Å². The molecule has 0 aromatic rings. The van der Waals surface area contributed by atoms with E-state index in [9.17, 15) is 25.2 Å². The topological polar surface area (TPSA) is 101 Å². The van der Waals surface area contributed by atoms with E-state index in [1.54, 1.807) is 0 Å². The van der Waals surface area contributed by atoms with Gasteiger partial charge in [0.1, 0.15) is 29.8 Å². The van der Waals surface area contributed by atoms with Gasteiger partial charge in [-0.25, -0.2) is 0 Å². The van der Waals surface area contributed by atoms with Gasteiger partial charge in [-0.15, -0.1) is 11.8 Å². The molecule has 4 N–H and O–H groups in total. The molecule has 7 heteroatoms. The first-order valence-corrected chi connectivity index (χ1v) is 5.70. The third-order valence-electron chi connectivity index (χ3n) is 2.78. The van der Waals surface area contributed by atoms with Crippen molar-refractivity contribution in [2.75, 3.05) is 12.3 Å². The Bertz CT molecular complexity index is 276. The van der Waals surface area contributed by atoms with Gasteiger partial charge in [-0.05, 0) is 0 Å². The molecule has 86 valence electrons. The smallest absolute Gasteiger partial charge is 0.233 e. The maximum Gasteiger partial charge on any atom is 0.233 e. The van der Waals surface area contributed by atoms with Crippen molar-refractivity contribution in [3.05, 3.63) is 0 Å². The highest BCUT2D eigenvalue weighted by Crippen LogP contribution is 2.32. The Morgan fingerprint density at radius 3 is 2.47 bits per heavy atom. The highest BCUT2D eigenvalue weighted by atomic mass is 32.2. The van der Waals surface area contributed by atoms with Crippen LogP contribution < -0.4 is 0 Å². The molecule has 2 rings (SSSR count). The number of amides is 1. The van der Waals surface area contributed by atoms with Crippen LogP contribution in [0.15, 0.2) is 0 Å². The number of aliphatic hydroxyl groups is 4. The number of thioether (sulfide) groups is 1. The minimum Gasteiger partial charge on any atom is -0.388 e. The first-order valence-electron chi connectivity index (χ1n) is 4.65. The van der Waals surface area contributed by atoms with E-state index >= 15 is 0 Å². The first-order chi connectivity index (χ1) is 7.02. The molecule has 0 aromatic carbocycles. The lowest BCUT2D eigenvalue weighted by molar-refractivity contribution is -0.130. The highest BCUT2D eigenvalue weighted by Gasteiger charge is 2.47. The second-order valence-electron chi connectivity index (χ2n) is 3.79. The number of rotatable bonds is 0. The summed E-state index contributed by atoms with van der Waals surface area (Å²) < 4.78 is 0. The molecule has 0 bridgehead atoms. The van der Waals surface area contributed by atoms with Gasteiger partial charge in [0.25, 0.3) is 0 Å². The second kappa shape index (κ2) is 3.91. The van der Waals surface area contributed by atoms with Gasteiger partial charge in [-0.2, -0.15) is 0 Å². The van der Waals surface area contributed by atoms with Crippen LogP contribution in [0, 0.1) is 0 Å². The fourth-order valence-electron chi connectivity index (χ4n) is 1.87. The molecule has 0 aliphatic carbocycles. The molecule has 0 unspecified atom stereocenters. The SMILES string of the molecule is O=C1CS[C@H]2[C@H](O)[C@@H](O)[C@H](O)[C@@H](O)CN12. The van der Waals surface area contributed by atoms with Crippen LogP contribution in [0.1, 0.15) is 0 Å². The molecule has 0 spiro atoms. The van der Waals surface area contributed by atoms with Crippen LogP contribution in [0.25, 0.3) is 0 Å². The van der Waals surface area contributed by atoms with Crippen LogP contribution in [-0.2, 0) is 4.79 Å². The first kappa shape index (κ1) is 11.2. The second-order valence-corrected chi connectivity index (χ2v) is 4.89. The van der Waals surface area contributed by atoms with Crippen molar-refractivity contribution in [3.8, 4) is 0 Å². The van der Waals surface area contributed by atoms with E-state index in [1.807, 2.05) is 0 Å². The minimum absolute atomic E-state index is 0.0498. The van der Waals surface area contributed by atoms with Crippen molar-refractivity contribution in [1.82, 2.24) is 4.90 Å². The average molecular weight is 235 g/mol. The lowest BCUT2D eigenvalue weighted by Gasteiger charge is -2.26. The molecule has 2 saturated heterocycles. The number of hydrogen-bond acceptors (Lipinski definition) is 6. The molecule has 2 fully saturated rings. The molecule has 6 nitrogen and oxygen atoms in total. The Kier molecular flexibility index (Phi) is 2.91. The maximum absolute atomic E-state index is 11.4. The number of carbonyl (C=O) groups excluding carboxylic acids is 1. The van der Waals surface area contributed by atoms with Crippen molar-refractivity contribution in [3.63, 3.8) is 0 Å². The molecule has 2 aliphatic rings. The van der Waals surface area contributed by atoms with Gasteiger partial charge in [-0.1, -0.05) is 0 Å². The van der Waals surface area contributed by atoms with E-state index in [1.165, 1.54) is 16.7 Å². The van der Waals surface area contributed by atoms with Crippen LogP contribution in [0.5, 0.6) is 0 Å². The standard InChI is InChI=1S/C8H13NO5S/c10-3-1-9-4(11)2-15-8(9)7(14)6(13)5(3)12/h3,5-8,10,12-14H,1-2H2/t3-,5+,6-,7+,8-/m0/s1. The summed E-state index contributed by atoms with van der Waals surface area (Å²) in [6, 6.07) is 0. The molecule has 5 atom stereocenters. The summed E-state index contributed by atoms with van der Waals surface area (Å²) in [5.74, 6) is 0.0430. The van der Waals surface area contributed by atoms with Gasteiger partial charge < -0.3 is 25.3 Å². The molecule has 2 aliphatic heterocycles. The summed E-state index contributed by atoms with van der Waals surface area (Å²) >= 11 is 1.21. The lowest BCUT2D eigenvalue weighted by Crippen LogP contribution is -2.45. The van der Waals surface area contributed by atoms with Crippen LogP contribution in [0.2, 0.25) is 0 Å². The third kappa shape index (κ3) is 1.74. The monoisotopic (exact) mass is 235 g/mol. The van der Waals surface area contributed by atoms with Crippen LogP contribution in [0.4, 0.5) is 0 Å². The quantitative estimate of drug-likeness (QED) is 0.366. The van der Waals surface area contributed by atoms with E-state index in [2.05, 4.69) is 0 Å². The summed E-state index contributed by atoms with van der Waals surface area (Å²) in [6.07, 6.45) is -5.29. The van der Waals surface area contributed by atoms with E-state index < -0.39 is 29.8 Å². The predicted molar refractivity (Wildman–Crippen MR) is 52.0 cm³/mol. The number of fused-ring (bicyclic) bond motifs is 1. The van der Waals surface area contributed by atoms with Gasteiger partial charge in [0.05, 0.1) is 12.3 Å². The Hall–Kier alpha value is -0.340. The maximum atomic E-state index is 11.4. The van der Waals surface area contributed by atoms with E-state index in [0.29, 0.717) is 0 Å². The molecule has 0 saturated carbocycles. The summed E-state index contributed by atoms with van der Waals surface area (Å²) in [7, 11) is 0. The van der Waals surface area contributed by atoms with Crippen molar-refractivity contribution in [1.29, 1.82) is 0 Å². The Morgan fingerprint density at radius 2 is 1.80 bits per heavy atom. The van der Waals surface area contributed by atoms with Gasteiger partial charge in [0, 0.05) is 0 Å². The predicted octanol–water partition coefficient (Wildman–Crippen LogP) is -2.65. The number of aliphatic hydroxyl groups excluding tert-OH is 4. The van der Waals surface area contributed by atoms with Crippen LogP contribution in [0.3, 0.4) is 0 Å². The van der Waals surface area contributed by atoms with E-state index in [-0.39, 0.29) is 18.2 Å².